The molecule has 0 bridgehead atoms. The first-order valence-electron chi connectivity index (χ1n) is 9.35. The molecule has 0 aliphatic carbocycles. The van der Waals surface area contributed by atoms with Crippen LogP contribution in [0.1, 0.15) is 33.6 Å². The molecule has 1 aromatic carbocycles. The van der Waals surface area contributed by atoms with Crippen LogP contribution in [0.3, 0.4) is 0 Å². The Hall–Kier alpha value is -2.28. The minimum atomic E-state index is -0.536. The van der Waals surface area contributed by atoms with Gasteiger partial charge in [-0.15, -0.1) is 0 Å². The number of imide groups is 1. The molecule has 1 fully saturated rings. The molecular formula is C19H30N3O4+. The SMILES string of the molecule is CCOc1ccc(NC(=O)NC(=O)C[NH+]2CCC[C@@H](C)C2)cc1OCC. The maximum atomic E-state index is 12.1. The molecule has 144 valence electrons. The van der Waals surface area contributed by atoms with Gasteiger partial charge in [-0.05, 0) is 38.8 Å². The van der Waals surface area contributed by atoms with Crippen LogP contribution in [-0.4, -0.2) is 44.8 Å². The van der Waals surface area contributed by atoms with Gasteiger partial charge in [0.1, 0.15) is 0 Å². The average molecular weight is 364 g/mol. The van der Waals surface area contributed by atoms with Crippen molar-refractivity contribution in [3.8, 4) is 11.5 Å². The lowest BCUT2D eigenvalue weighted by atomic mass is 10.0. The smallest absolute Gasteiger partial charge is 0.326 e. The summed E-state index contributed by atoms with van der Waals surface area (Å²) < 4.78 is 11.0. The molecule has 0 radical (unpaired) electrons. The fourth-order valence-electron chi connectivity index (χ4n) is 3.25. The van der Waals surface area contributed by atoms with Crippen molar-refractivity contribution in [2.75, 3.05) is 38.2 Å². The van der Waals surface area contributed by atoms with E-state index in [2.05, 4.69) is 17.6 Å². The van der Waals surface area contributed by atoms with Crippen LogP contribution in [0.4, 0.5) is 10.5 Å². The third kappa shape index (κ3) is 6.22. The number of carbonyl (C=O) groups excluding carboxylic acids is 2. The molecule has 1 aliphatic heterocycles. The molecular weight excluding hydrogens is 334 g/mol. The van der Waals surface area contributed by atoms with Crippen LogP contribution in [-0.2, 0) is 4.79 Å². The number of quaternary nitrogens is 1. The summed E-state index contributed by atoms with van der Waals surface area (Å²) in [6, 6.07) is 4.61. The molecule has 7 nitrogen and oxygen atoms in total. The Morgan fingerprint density at radius 1 is 1.19 bits per heavy atom. The highest BCUT2D eigenvalue weighted by Gasteiger charge is 2.22. The van der Waals surface area contributed by atoms with Crippen molar-refractivity contribution in [1.82, 2.24) is 5.32 Å². The van der Waals surface area contributed by atoms with E-state index < -0.39 is 6.03 Å². The molecule has 0 saturated carbocycles. The van der Waals surface area contributed by atoms with E-state index in [-0.39, 0.29) is 5.91 Å². The first-order chi connectivity index (χ1) is 12.5. The number of carbonyl (C=O) groups is 2. The monoisotopic (exact) mass is 364 g/mol. The van der Waals surface area contributed by atoms with Crippen LogP contribution < -0.4 is 25.0 Å². The van der Waals surface area contributed by atoms with Gasteiger partial charge in [0.05, 0.1) is 26.3 Å². The standard InChI is InChI=1S/C19H29N3O4/c1-4-25-16-9-8-15(11-17(16)26-5-2)20-19(24)21-18(23)13-22-10-6-7-14(3)12-22/h8-9,11,14H,4-7,10,12-13H2,1-3H3,(H2,20,21,23,24)/p+1/t14-/m1/s1. The van der Waals surface area contributed by atoms with E-state index in [1.54, 1.807) is 18.2 Å². The normalized spacial score (nSPS) is 19.5. The second-order valence-electron chi connectivity index (χ2n) is 6.66. The second kappa shape index (κ2) is 10.0. The summed E-state index contributed by atoms with van der Waals surface area (Å²) in [7, 11) is 0. The van der Waals surface area contributed by atoms with Gasteiger partial charge in [-0.1, -0.05) is 6.92 Å². The zero-order chi connectivity index (χ0) is 18.9. The van der Waals surface area contributed by atoms with Gasteiger partial charge in [-0.2, -0.15) is 0 Å². The topological polar surface area (TPSA) is 81.1 Å². The average Bonchev–Trinajstić information content (AvgIpc) is 2.57. The molecule has 7 heteroatoms. The van der Waals surface area contributed by atoms with Crippen molar-refractivity contribution < 1.29 is 24.0 Å². The molecule has 1 heterocycles. The van der Waals surface area contributed by atoms with E-state index >= 15 is 0 Å². The van der Waals surface area contributed by atoms with Gasteiger partial charge in [-0.25, -0.2) is 4.79 Å². The molecule has 26 heavy (non-hydrogen) atoms. The van der Waals surface area contributed by atoms with Gasteiger partial charge < -0.3 is 19.7 Å². The highest BCUT2D eigenvalue weighted by Crippen LogP contribution is 2.30. The van der Waals surface area contributed by atoms with Gasteiger partial charge >= 0.3 is 6.03 Å². The molecule has 3 amide bonds. The largest absolute Gasteiger partial charge is 0.490 e. The molecule has 3 N–H and O–H groups in total. The fraction of sp³-hybridized carbons (Fsp3) is 0.579. The molecule has 1 saturated heterocycles. The maximum absolute atomic E-state index is 12.1. The summed E-state index contributed by atoms with van der Waals surface area (Å²) in [4.78, 5) is 25.4. The van der Waals surface area contributed by atoms with Gasteiger partial charge in [0, 0.05) is 17.7 Å². The number of hydrogen-bond acceptors (Lipinski definition) is 4. The van der Waals surface area contributed by atoms with Gasteiger partial charge in [-0.3, -0.25) is 10.1 Å². The third-order valence-corrected chi connectivity index (χ3v) is 4.33. The molecule has 2 rings (SSSR count). The fourth-order valence-corrected chi connectivity index (χ4v) is 3.25. The Balaban J connectivity index is 1.88. The maximum Gasteiger partial charge on any atom is 0.326 e. The summed E-state index contributed by atoms with van der Waals surface area (Å²) in [6.07, 6.45) is 2.34. The van der Waals surface area contributed by atoms with Crippen LogP contribution in [0.15, 0.2) is 18.2 Å². The number of amides is 3. The lowest BCUT2D eigenvalue weighted by molar-refractivity contribution is -0.900. The van der Waals surface area contributed by atoms with E-state index in [1.807, 2.05) is 13.8 Å². The molecule has 1 unspecified atom stereocenters. The number of rotatable bonds is 7. The Bertz CT molecular complexity index is 621. The second-order valence-corrected chi connectivity index (χ2v) is 6.66. The van der Waals surface area contributed by atoms with Crippen LogP contribution >= 0.6 is 0 Å². The van der Waals surface area contributed by atoms with E-state index in [9.17, 15) is 9.59 Å². The summed E-state index contributed by atoms with van der Waals surface area (Å²) >= 11 is 0. The third-order valence-electron chi connectivity index (χ3n) is 4.33. The minimum Gasteiger partial charge on any atom is -0.490 e. The number of piperidine rings is 1. The van der Waals surface area contributed by atoms with Gasteiger partial charge in [0.2, 0.25) is 0 Å². The van der Waals surface area contributed by atoms with Crippen LogP contribution in [0, 0.1) is 5.92 Å². The number of urea groups is 1. The number of ether oxygens (including phenoxy) is 2. The summed E-state index contributed by atoms with van der Waals surface area (Å²) in [5.74, 6) is 1.55. The van der Waals surface area contributed by atoms with Crippen molar-refractivity contribution in [2.24, 2.45) is 5.92 Å². The van der Waals surface area contributed by atoms with Gasteiger partial charge in [0.25, 0.3) is 5.91 Å². The molecule has 0 spiro atoms. The van der Waals surface area contributed by atoms with E-state index in [0.29, 0.717) is 42.9 Å². The Labute approximate surface area is 155 Å². The Morgan fingerprint density at radius 2 is 1.92 bits per heavy atom. The van der Waals surface area contributed by atoms with E-state index in [0.717, 1.165) is 19.5 Å². The number of anilines is 1. The zero-order valence-electron chi connectivity index (χ0n) is 15.9. The summed E-state index contributed by atoms with van der Waals surface area (Å²) in [6.45, 7) is 9.28. The lowest BCUT2D eigenvalue weighted by Crippen LogP contribution is -3.14. The quantitative estimate of drug-likeness (QED) is 0.684. The lowest BCUT2D eigenvalue weighted by Gasteiger charge is -2.27. The number of likely N-dealkylation sites (tertiary alicyclic amines) is 1. The molecule has 0 aromatic heterocycles. The highest BCUT2D eigenvalue weighted by atomic mass is 16.5. The van der Waals surface area contributed by atoms with Crippen LogP contribution in [0.25, 0.3) is 0 Å². The Morgan fingerprint density at radius 3 is 2.62 bits per heavy atom. The highest BCUT2D eigenvalue weighted by molar-refractivity contribution is 6.01. The van der Waals surface area contributed by atoms with Crippen molar-refractivity contribution in [2.45, 2.75) is 33.6 Å². The first-order valence-corrected chi connectivity index (χ1v) is 9.35. The van der Waals surface area contributed by atoms with Gasteiger partial charge in [0.15, 0.2) is 18.0 Å². The van der Waals surface area contributed by atoms with Crippen molar-refractivity contribution in [3.05, 3.63) is 18.2 Å². The van der Waals surface area contributed by atoms with E-state index in [1.165, 1.54) is 11.3 Å². The number of hydrogen-bond donors (Lipinski definition) is 3. The van der Waals surface area contributed by atoms with Crippen LogP contribution in [0.5, 0.6) is 11.5 Å². The first kappa shape index (κ1) is 20.0. The molecule has 2 atom stereocenters. The molecule has 1 aliphatic rings. The van der Waals surface area contributed by atoms with E-state index in [4.69, 9.17) is 9.47 Å². The predicted molar refractivity (Wildman–Crippen MR) is 99.9 cm³/mol. The van der Waals surface area contributed by atoms with Crippen molar-refractivity contribution >= 4 is 17.6 Å². The summed E-state index contributed by atoms with van der Waals surface area (Å²) in [5, 5.41) is 5.07. The molecule has 1 aromatic rings. The van der Waals surface area contributed by atoms with Crippen molar-refractivity contribution in [1.29, 1.82) is 0 Å². The zero-order valence-corrected chi connectivity index (χ0v) is 15.9. The Kier molecular flexibility index (Phi) is 7.72. The summed E-state index contributed by atoms with van der Waals surface area (Å²) in [5.41, 5.74) is 0.543. The predicted octanol–water partition coefficient (Wildman–Crippen LogP) is 1.45. The number of benzene rings is 1. The minimum absolute atomic E-state index is 0.262. The van der Waals surface area contributed by atoms with Crippen LogP contribution in [0.2, 0.25) is 0 Å². The number of nitrogens with one attached hydrogen (secondary N) is 3. The van der Waals surface area contributed by atoms with Crippen molar-refractivity contribution in [3.63, 3.8) is 0 Å².